The molecule has 3 N–H and O–H groups in total. The van der Waals surface area contributed by atoms with Crippen LogP contribution in [0.3, 0.4) is 0 Å². The van der Waals surface area contributed by atoms with Gasteiger partial charge >= 0.3 is 0 Å². The molecular formula is C13H11BrClN3O. The molecule has 1 aromatic heterocycles. The number of nitrogen functional groups attached to an aromatic ring is 1. The maximum Gasteiger partial charge on any atom is 0.230 e. The summed E-state index contributed by atoms with van der Waals surface area (Å²) in [6.07, 6.45) is 0. The highest BCUT2D eigenvalue weighted by Gasteiger charge is 2.12. The second kappa shape index (κ2) is 5.59. The van der Waals surface area contributed by atoms with E-state index in [9.17, 15) is 0 Å². The van der Waals surface area contributed by atoms with Gasteiger partial charge in [-0.2, -0.15) is 0 Å². The molecule has 4 nitrogen and oxygen atoms in total. The molecule has 0 aliphatic heterocycles. The van der Waals surface area contributed by atoms with E-state index in [-0.39, 0.29) is 11.7 Å². The van der Waals surface area contributed by atoms with E-state index in [0.29, 0.717) is 16.3 Å². The Morgan fingerprint density at radius 1 is 1.37 bits per heavy atom. The molecule has 6 heteroatoms. The lowest BCUT2D eigenvalue weighted by atomic mass is 10.2. The molecule has 98 valence electrons. The minimum Gasteiger partial charge on any atom is -0.437 e. The molecule has 0 radical (unpaired) electrons. The Bertz CT molecular complexity index is 646. The molecule has 2 aromatic rings. The normalized spacial score (nSPS) is 10.3. The smallest absolute Gasteiger partial charge is 0.230 e. The van der Waals surface area contributed by atoms with E-state index in [0.717, 1.165) is 10.2 Å². The molecule has 0 amide bonds. The molecule has 1 heterocycles. The first-order valence-corrected chi connectivity index (χ1v) is 6.59. The third-order valence-electron chi connectivity index (χ3n) is 2.39. The van der Waals surface area contributed by atoms with Crippen LogP contribution in [0.1, 0.15) is 11.3 Å². The molecule has 0 spiro atoms. The fourth-order valence-electron chi connectivity index (χ4n) is 1.48. The van der Waals surface area contributed by atoms with Crippen LogP contribution in [-0.4, -0.2) is 10.8 Å². The lowest BCUT2D eigenvalue weighted by Gasteiger charge is -2.11. The van der Waals surface area contributed by atoms with Crippen molar-refractivity contribution in [3.63, 3.8) is 0 Å². The van der Waals surface area contributed by atoms with Crippen molar-refractivity contribution >= 4 is 33.4 Å². The monoisotopic (exact) mass is 339 g/mol. The van der Waals surface area contributed by atoms with Crippen molar-refractivity contribution in [3.05, 3.63) is 51.1 Å². The van der Waals surface area contributed by atoms with Crippen LogP contribution < -0.4 is 10.5 Å². The summed E-state index contributed by atoms with van der Waals surface area (Å²) >= 11 is 9.40. The van der Waals surface area contributed by atoms with E-state index in [2.05, 4.69) is 20.9 Å². The van der Waals surface area contributed by atoms with E-state index in [1.807, 2.05) is 13.0 Å². The number of aromatic nitrogens is 1. The number of rotatable bonds is 3. The van der Waals surface area contributed by atoms with Crippen LogP contribution >= 0.6 is 27.5 Å². The first-order chi connectivity index (χ1) is 8.97. The zero-order valence-electron chi connectivity index (χ0n) is 10.1. The van der Waals surface area contributed by atoms with E-state index in [1.165, 1.54) is 0 Å². The van der Waals surface area contributed by atoms with Gasteiger partial charge in [-0.15, -0.1) is 0 Å². The van der Waals surface area contributed by atoms with Crippen molar-refractivity contribution in [2.75, 3.05) is 0 Å². The van der Waals surface area contributed by atoms with Gasteiger partial charge in [-0.25, -0.2) is 4.98 Å². The van der Waals surface area contributed by atoms with Crippen LogP contribution in [0.2, 0.25) is 5.02 Å². The SMILES string of the molecule is Cc1ccc(C(=N)N)c(Oc2cc(Br)ccc2Cl)n1. The van der Waals surface area contributed by atoms with Gasteiger partial charge in [-0.1, -0.05) is 27.5 Å². The molecule has 0 saturated carbocycles. The van der Waals surface area contributed by atoms with Crippen molar-refractivity contribution < 1.29 is 4.74 Å². The number of pyridine rings is 1. The van der Waals surface area contributed by atoms with Crippen molar-refractivity contribution in [1.82, 2.24) is 4.98 Å². The lowest BCUT2D eigenvalue weighted by molar-refractivity contribution is 0.460. The summed E-state index contributed by atoms with van der Waals surface area (Å²) < 4.78 is 6.51. The summed E-state index contributed by atoms with van der Waals surface area (Å²) in [4.78, 5) is 4.24. The van der Waals surface area contributed by atoms with Gasteiger partial charge in [0.1, 0.15) is 11.6 Å². The average molecular weight is 341 g/mol. The molecule has 1 aromatic carbocycles. The minimum atomic E-state index is -0.103. The highest BCUT2D eigenvalue weighted by atomic mass is 79.9. The standard InChI is InChI=1S/C13H11BrClN3O/c1-7-2-4-9(12(16)17)13(18-7)19-11-6-8(14)3-5-10(11)15/h2-6H,1H3,(H3,16,17). The Balaban J connectivity index is 2.45. The van der Waals surface area contributed by atoms with E-state index in [4.69, 9.17) is 27.5 Å². The van der Waals surface area contributed by atoms with Crippen molar-refractivity contribution in [2.24, 2.45) is 5.73 Å². The van der Waals surface area contributed by atoms with E-state index in [1.54, 1.807) is 24.3 Å². The molecule has 0 unspecified atom stereocenters. The summed E-state index contributed by atoms with van der Waals surface area (Å²) in [7, 11) is 0. The Morgan fingerprint density at radius 3 is 2.79 bits per heavy atom. The van der Waals surface area contributed by atoms with Crippen LogP contribution in [0.4, 0.5) is 0 Å². The topological polar surface area (TPSA) is 72.0 Å². The number of hydrogen-bond donors (Lipinski definition) is 2. The largest absolute Gasteiger partial charge is 0.437 e. The fourth-order valence-corrected chi connectivity index (χ4v) is 1.97. The van der Waals surface area contributed by atoms with Crippen molar-refractivity contribution in [3.8, 4) is 11.6 Å². The predicted octanol–water partition coefficient (Wildman–Crippen LogP) is 3.88. The van der Waals surface area contributed by atoms with Crippen LogP contribution in [0.25, 0.3) is 0 Å². The molecule has 0 bridgehead atoms. The van der Waals surface area contributed by atoms with Gasteiger partial charge in [0.2, 0.25) is 5.88 Å². The summed E-state index contributed by atoms with van der Waals surface area (Å²) in [6.45, 7) is 1.83. The number of halogens is 2. The van der Waals surface area contributed by atoms with E-state index >= 15 is 0 Å². The predicted molar refractivity (Wildman–Crippen MR) is 79.2 cm³/mol. The number of aryl methyl sites for hydroxylation is 1. The van der Waals surface area contributed by atoms with Crippen molar-refractivity contribution in [2.45, 2.75) is 6.92 Å². The number of amidine groups is 1. The summed E-state index contributed by atoms with van der Waals surface area (Å²) in [5.41, 5.74) is 6.71. The molecule has 19 heavy (non-hydrogen) atoms. The molecule has 0 atom stereocenters. The first-order valence-electron chi connectivity index (χ1n) is 5.42. The third kappa shape index (κ3) is 3.24. The maximum atomic E-state index is 7.52. The number of benzene rings is 1. The molecule has 0 aliphatic rings. The van der Waals surface area contributed by atoms with Crippen LogP contribution in [0, 0.1) is 12.3 Å². The zero-order chi connectivity index (χ0) is 14.0. The number of nitrogens with zero attached hydrogens (tertiary/aromatic N) is 1. The Hall–Kier alpha value is -1.59. The molecule has 2 rings (SSSR count). The van der Waals surface area contributed by atoms with Crippen LogP contribution in [-0.2, 0) is 0 Å². The Kier molecular flexibility index (Phi) is 4.07. The molecule has 0 saturated heterocycles. The van der Waals surface area contributed by atoms with Gasteiger partial charge in [0.15, 0.2) is 0 Å². The first kappa shape index (κ1) is 13.8. The molecule has 0 aliphatic carbocycles. The quantitative estimate of drug-likeness (QED) is 0.658. The Morgan fingerprint density at radius 2 is 2.11 bits per heavy atom. The van der Waals surface area contributed by atoms with Gasteiger partial charge in [-0.3, -0.25) is 5.41 Å². The van der Waals surface area contributed by atoms with Crippen LogP contribution in [0.5, 0.6) is 11.6 Å². The second-order valence-corrected chi connectivity index (χ2v) is 5.22. The third-order valence-corrected chi connectivity index (χ3v) is 3.20. The average Bonchev–Trinajstić information content (AvgIpc) is 2.33. The van der Waals surface area contributed by atoms with Gasteiger partial charge in [0.05, 0.1) is 10.6 Å². The minimum absolute atomic E-state index is 0.103. The lowest BCUT2D eigenvalue weighted by Crippen LogP contribution is -2.13. The summed E-state index contributed by atoms with van der Waals surface area (Å²) in [5, 5.41) is 7.98. The molecular weight excluding hydrogens is 330 g/mol. The van der Waals surface area contributed by atoms with Crippen molar-refractivity contribution in [1.29, 1.82) is 5.41 Å². The number of ether oxygens (including phenoxy) is 1. The summed E-state index contributed by atoms with van der Waals surface area (Å²) in [5.74, 6) is 0.623. The van der Waals surface area contributed by atoms with Gasteiger partial charge < -0.3 is 10.5 Å². The summed E-state index contributed by atoms with van der Waals surface area (Å²) in [6, 6.07) is 8.73. The van der Waals surface area contributed by atoms with Crippen LogP contribution in [0.15, 0.2) is 34.8 Å². The number of nitrogens with one attached hydrogen (secondary N) is 1. The second-order valence-electron chi connectivity index (χ2n) is 3.90. The molecule has 0 fully saturated rings. The fraction of sp³-hybridized carbons (Fsp3) is 0.0769. The number of nitrogens with two attached hydrogens (primary N) is 1. The van der Waals surface area contributed by atoms with Gasteiger partial charge in [0.25, 0.3) is 0 Å². The van der Waals surface area contributed by atoms with Gasteiger partial charge in [0, 0.05) is 10.2 Å². The highest BCUT2D eigenvalue weighted by Crippen LogP contribution is 2.32. The van der Waals surface area contributed by atoms with E-state index < -0.39 is 0 Å². The highest BCUT2D eigenvalue weighted by molar-refractivity contribution is 9.10. The Labute approximate surface area is 124 Å². The number of hydrogen-bond acceptors (Lipinski definition) is 3. The zero-order valence-corrected chi connectivity index (χ0v) is 12.4. The maximum absolute atomic E-state index is 7.52. The van der Waals surface area contributed by atoms with Gasteiger partial charge in [-0.05, 0) is 37.3 Å².